The third-order valence-corrected chi connectivity index (χ3v) is 14.3. The minimum atomic E-state index is -0.799. The van der Waals surface area contributed by atoms with Crippen molar-refractivity contribution < 1.29 is 28.6 Å². The summed E-state index contributed by atoms with van der Waals surface area (Å²) in [5.41, 5.74) is 0. The maximum absolute atomic E-state index is 12.9. The van der Waals surface area contributed by atoms with Crippen LogP contribution in [0.15, 0.2) is 146 Å². The van der Waals surface area contributed by atoms with Gasteiger partial charge in [-0.15, -0.1) is 0 Å². The molecule has 0 fully saturated rings. The van der Waals surface area contributed by atoms with Crippen LogP contribution in [0.25, 0.3) is 0 Å². The molecule has 0 saturated heterocycles. The van der Waals surface area contributed by atoms with E-state index in [2.05, 4.69) is 167 Å². The van der Waals surface area contributed by atoms with Crippen LogP contribution in [-0.4, -0.2) is 37.2 Å². The van der Waals surface area contributed by atoms with Gasteiger partial charge in [-0.1, -0.05) is 289 Å². The largest absolute Gasteiger partial charge is 0.462 e. The molecule has 83 heavy (non-hydrogen) atoms. The Morgan fingerprint density at radius 3 is 0.759 bits per heavy atom. The van der Waals surface area contributed by atoms with Crippen molar-refractivity contribution in [2.45, 2.75) is 309 Å². The Morgan fingerprint density at radius 2 is 0.470 bits per heavy atom. The fraction of sp³-hybridized carbons (Fsp3) is 0.649. The molecule has 0 heterocycles. The lowest BCUT2D eigenvalue weighted by Crippen LogP contribution is -2.30. The van der Waals surface area contributed by atoms with E-state index in [0.717, 1.165) is 141 Å². The molecule has 0 bridgehead atoms. The zero-order valence-corrected chi connectivity index (χ0v) is 53.9. The van der Waals surface area contributed by atoms with Crippen LogP contribution in [0.4, 0.5) is 0 Å². The lowest BCUT2D eigenvalue weighted by Gasteiger charge is -2.18. The van der Waals surface area contributed by atoms with Crippen LogP contribution in [-0.2, 0) is 28.6 Å². The van der Waals surface area contributed by atoms with E-state index in [0.29, 0.717) is 19.3 Å². The van der Waals surface area contributed by atoms with Crippen molar-refractivity contribution >= 4 is 17.9 Å². The van der Waals surface area contributed by atoms with E-state index >= 15 is 0 Å². The zero-order chi connectivity index (χ0) is 59.9. The third kappa shape index (κ3) is 68.0. The van der Waals surface area contributed by atoms with Crippen molar-refractivity contribution in [3.63, 3.8) is 0 Å². The normalized spacial score (nSPS) is 13.0. The first-order chi connectivity index (χ1) is 41.0. The SMILES string of the molecule is CC/C=C\C/C=C\C/C=C\C/C=C\C/C=C\C/C=C\C/C=C\C/C=C\CCCCCCCCCCCCC(=O)OCC(COC(=O)CCCCC/C=C\C/C=C\C/C=C\CC)OC(=O)CCCCCCCCC/C=C\CCCCCCCC. The van der Waals surface area contributed by atoms with Crippen LogP contribution >= 0.6 is 0 Å². The Balaban J connectivity index is 4.26. The predicted octanol–water partition coefficient (Wildman–Crippen LogP) is 23.9. The summed E-state index contributed by atoms with van der Waals surface area (Å²) in [4.78, 5) is 38.3. The second-order valence-electron chi connectivity index (χ2n) is 22.3. The molecule has 0 aromatic rings. The molecule has 0 aliphatic heterocycles. The number of carbonyl (C=O) groups excluding carboxylic acids is 3. The van der Waals surface area contributed by atoms with Crippen LogP contribution in [0.5, 0.6) is 0 Å². The first kappa shape index (κ1) is 78.3. The predicted molar refractivity (Wildman–Crippen MR) is 362 cm³/mol. The number of unbranched alkanes of at least 4 members (excludes halogenated alkanes) is 26. The van der Waals surface area contributed by atoms with E-state index in [1.165, 1.54) is 122 Å². The van der Waals surface area contributed by atoms with E-state index in [1.807, 2.05) is 0 Å². The number of hydrogen-bond donors (Lipinski definition) is 0. The van der Waals surface area contributed by atoms with Gasteiger partial charge in [0.25, 0.3) is 0 Å². The molecule has 0 N–H and O–H groups in total. The number of rotatable bonds is 61. The van der Waals surface area contributed by atoms with E-state index in [-0.39, 0.29) is 31.1 Å². The maximum atomic E-state index is 12.9. The van der Waals surface area contributed by atoms with Gasteiger partial charge < -0.3 is 14.2 Å². The van der Waals surface area contributed by atoms with Crippen molar-refractivity contribution in [3.8, 4) is 0 Å². The van der Waals surface area contributed by atoms with Gasteiger partial charge in [-0.05, 0) is 141 Å². The fourth-order valence-corrected chi connectivity index (χ4v) is 9.23. The van der Waals surface area contributed by atoms with Crippen LogP contribution in [0.2, 0.25) is 0 Å². The molecule has 0 aliphatic carbocycles. The van der Waals surface area contributed by atoms with Gasteiger partial charge in [-0.25, -0.2) is 0 Å². The average Bonchev–Trinajstić information content (AvgIpc) is 3.49. The van der Waals surface area contributed by atoms with Crippen molar-refractivity contribution in [3.05, 3.63) is 146 Å². The number of hydrogen-bond acceptors (Lipinski definition) is 6. The lowest BCUT2D eigenvalue weighted by molar-refractivity contribution is -0.167. The average molecular weight is 1150 g/mol. The summed E-state index contributed by atoms with van der Waals surface area (Å²) < 4.78 is 16.9. The quantitative estimate of drug-likeness (QED) is 0.0261. The van der Waals surface area contributed by atoms with Crippen molar-refractivity contribution in [1.29, 1.82) is 0 Å². The molecular weight excluding hydrogens is 1020 g/mol. The van der Waals surface area contributed by atoms with Crippen LogP contribution in [0.3, 0.4) is 0 Å². The highest BCUT2D eigenvalue weighted by Crippen LogP contribution is 2.16. The van der Waals surface area contributed by atoms with E-state index in [1.54, 1.807) is 0 Å². The Morgan fingerprint density at radius 1 is 0.253 bits per heavy atom. The van der Waals surface area contributed by atoms with Gasteiger partial charge in [0, 0.05) is 19.3 Å². The maximum Gasteiger partial charge on any atom is 0.306 e. The first-order valence-electron chi connectivity index (χ1n) is 34.3. The second-order valence-corrected chi connectivity index (χ2v) is 22.3. The van der Waals surface area contributed by atoms with E-state index in [9.17, 15) is 14.4 Å². The van der Waals surface area contributed by atoms with Gasteiger partial charge >= 0.3 is 17.9 Å². The molecule has 0 aliphatic rings. The van der Waals surface area contributed by atoms with Gasteiger partial charge in [0.05, 0.1) is 0 Å². The number of carbonyl (C=O) groups is 3. The molecule has 0 radical (unpaired) electrons. The molecule has 0 spiro atoms. The van der Waals surface area contributed by atoms with Crippen LogP contribution < -0.4 is 0 Å². The van der Waals surface area contributed by atoms with Gasteiger partial charge in [0.15, 0.2) is 6.10 Å². The molecule has 6 heteroatoms. The summed E-state index contributed by atoms with van der Waals surface area (Å²) in [5.74, 6) is -0.929. The summed E-state index contributed by atoms with van der Waals surface area (Å²) in [6.45, 7) is 6.39. The molecular formula is C77H126O6. The van der Waals surface area contributed by atoms with Gasteiger partial charge in [-0.3, -0.25) is 14.4 Å². The van der Waals surface area contributed by atoms with Crippen molar-refractivity contribution in [2.75, 3.05) is 13.2 Å². The van der Waals surface area contributed by atoms with E-state index in [4.69, 9.17) is 14.2 Å². The lowest BCUT2D eigenvalue weighted by atomic mass is 10.1. The molecule has 0 aromatic carbocycles. The highest BCUT2D eigenvalue weighted by molar-refractivity contribution is 5.71. The minimum absolute atomic E-state index is 0.0942. The van der Waals surface area contributed by atoms with Gasteiger partial charge in [-0.2, -0.15) is 0 Å². The number of allylic oxidation sites excluding steroid dienone is 24. The smallest absolute Gasteiger partial charge is 0.306 e. The van der Waals surface area contributed by atoms with Crippen LogP contribution in [0.1, 0.15) is 303 Å². The summed E-state index contributed by atoms with van der Waals surface area (Å²) in [5, 5.41) is 0. The third-order valence-electron chi connectivity index (χ3n) is 14.3. The van der Waals surface area contributed by atoms with Gasteiger partial charge in [0.1, 0.15) is 13.2 Å². The Hall–Kier alpha value is -4.71. The second kappa shape index (κ2) is 69.8. The Bertz CT molecular complexity index is 1800. The molecule has 1 unspecified atom stereocenters. The summed E-state index contributed by atoms with van der Waals surface area (Å²) in [6, 6.07) is 0. The minimum Gasteiger partial charge on any atom is -0.462 e. The van der Waals surface area contributed by atoms with Gasteiger partial charge in [0.2, 0.25) is 0 Å². The van der Waals surface area contributed by atoms with Crippen molar-refractivity contribution in [2.24, 2.45) is 0 Å². The zero-order valence-electron chi connectivity index (χ0n) is 53.9. The summed E-state index contributed by atoms with van der Waals surface area (Å²) in [6.07, 6.45) is 100. The summed E-state index contributed by atoms with van der Waals surface area (Å²) in [7, 11) is 0. The monoisotopic (exact) mass is 1150 g/mol. The molecule has 6 nitrogen and oxygen atoms in total. The molecule has 0 saturated carbocycles. The number of esters is 3. The molecule has 0 aromatic heterocycles. The van der Waals surface area contributed by atoms with Crippen LogP contribution in [0, 0.1) is 0 Å². The Labute approximate surface area is 512 Å². The molecule has 0 amide bonds. The molecule has 470 valence electrons. The standard InChI is InChI=1S/C77H126O6/c1-4-7-10-13-16-19-22-25-27-29-30-31-32-33-34-35-36-37-38-39-40-41-42-43-44-45-46-48-49-52-55-58-61-64-67-70-76(79)82-73-74(72-81-75(78)69-66-63-60-57-54-51-24-21-18-15-12-9-6-3)83-77(80)71-68-65-62-59-56-53-50-47-28-26-23-20-17-14-11-8-5-2/h7,9-10,12,16,18-19,21,25-28,30-31,33-34,36-37,39-40,42-43,51,54,74H,4-6,8,11,13-15,17,20,22-24,29,32,35,38,41,44-50,52-53,55-73H2,1-3H3/b10-7-,12-9-,19-16-,21-18-,27-25-,28-26-,31-30-,34-33-,37-36-,40-39-,43-42-,54-51-. The summed E-state index contributed by atoms with van der Waals surface area (Å²) >= 11 is 0. The first-order valence-corrected chi connectivity index (χ1v) is 34.3. The highest BCUT2D eigenvalue weighted by atomic mass is 16.6. The Kier molecular flexibility index (Phi) is 65.8. The van der Waals surface area contributed by atoms with Crippen molar-refractivity contribution in [1.82, 2.24) is 0 Å². The topological polar surface area (TPSA) is 78.9 Å². The highest BCUT2D eigenvalue weighted by Gasteiger charge is 2.19. The molecule has 1 atom stereocenters. The molecule has 0 rings (SSSR count). The fourth-order valence-electron chi connectivity index (χ4n) is 9.23. The number of ether oxygens (including phenoxy) is 3. The van der Waals surface area contributed by atoms with E-state index < -0.39 is 6.10 Å².